The lowest BCUT2D eigenvalue weighted by Crippen LogP contribution is -2.38. The second-order valence-corrected chi connectivity index (χ2v) is 8.06. The number of hydrogen-bond acceptors (Lipinski definition) is 3. The van der Waals surface area contributed by atoms with Gasteiger partial charge in [0.15, 0.2) is 0 Å². The third-order valence-corrected chi connectivity index (χ3v) is 5.99. The van der Waals surface area contributed by atoms with Gasteiger partial charge >= 0.3 is 0 Å². The summed E-state index contributed by atoms with van der Waals surface area (Å²) < 4.78 is 0. The molecule has 0 bridgehead atoms. The number of aromatic nitrogens is 2. The molecule has 1 aliphatic rings. The van der Waals surface area contributed by atoms with Crippen LogP contribution in [0.1, 0.15) is 28.5 Å². The first kappa shape index (κ1) is 20.8. The van der Waals surface area contributed by atoms with Gasteiger partial charge in [-0.25, -0.2) is 0 Å². The van der Waals surface area contributed by atoms with E-state index >= 15 is 0 Å². The minimum atomic E-state index is -0.291. The van der Waals surface area contributed by atoms with Gasteiger partial charge in [-0.15, -0.1) is 0 Å². The normalized spacial score (nSPS) is 17.0. The number of nitrogens with one attached hydrogen (secondary N) is 1. The molecule has 6 nitrogen and oxygen atoms in total. The third-order valence-electron chi connectivity index (χ3n) is 5.99. The number of rotatable bonds is 5. The Morgan fingerprint density at radius 1 is 1.10 bits per heavy atom. The Hall–Kier alpha value is -3.41. The summed E-state index contributed by atoms with van der Waals surface area (Å²) in [5.74, 6) is -0.290. The van der Waals surface area contributed by atoms with Crippen LogP contribution in [0.15, 0.2) is 60.8 Å². The molecule has 1 saturated heterocycles. The highest BCUT2D eigenvalue weighted by atomic mass is 16.2. The lowest BCUT2D eigenvalue weighted by Gasteiger charge is -2.24. The fourth-order valence-corrected chi connectivity index (χ4v) is 4.22. The predicted octanol–water partition coefficient (Wildman–Crippen LogP) is 3.55. The van der Waals surface area contributed by atoms with Gasteiger partial charge in [-0.1, -0.05) is 54.1 Å². The first-order valence-corrected chi connectivity index (χ1v) is 10.8. The fraction of sp³-hybridized carbons (Fsp3) is 0.320. The minimum Gasteiger partial charge on any atom is -0.341 e. The van der Waals surface area contributed by atoms with Gasteiger partial charge in [-0.3, -0.25) is 14.7 Å². The molecule has 4 rings (SSSR count). The molecule has 1 aromatic heterocycles. The molecule has 3 aromatic rings. The molecule has 1 fully saturated rings. The molecular formula is C25H28N4O2. The summed E-state index contributed by atoms with van der Waals surface area (Å²) in [6, 6.07) is 18.4. The van der Waals surface area contributed by atoms with Crippen molar-refractivity contribution >= 4 is 11.8 Å². The zero-order valence-corrected chi connectivity index (χ0v) is 18.0. The zero-order valence-electron chi connectivity index (χ0n) is 18.0. The highest BCUT2D eigenvalue weighted by molar-refractivity contribution is 5.93. The summed E-state index contributed by atoms with van der Waals surface area (Å²) in [6.45, 7) is 6.17. The van der Waals surface area contributed by atoms with Crippen LogP contribution in [-0.4, -0.2) is 58.0 Å². The largest absolute Gasteiger partial charge is 0.341 e. The van der Waals surface area contributed by atoms with E-state index in [4.69, 9.17) is 0 Å². The van der Waals surface area contributed by atoms with E-state index in [9.17, 15) is 9.59 Å². The molecule has 2 amide bonds. The quantitative estimate of drug-likeness (QED) is 0.692. The van der Waals surface area contributed by atoms with Crippen LogP contribution in [0, 0.1) is 12.8 Å². The standard InChI is InChI=1S/C25H28N4O2/c1-3-28-14-15-29(25(31)23-12-13-26-27-23)17-21(24(28)30)16-20-6-4-5-7-22(20)19-10-8-18(2)9-11-19/h4-13,21H,3,14-17H2,1-2H3,(H,26,27)/t21-/m0/s1. The summed E-state index contributed by atoms with van der Waals surface area (Å²) in [5, 5.41) is 6.65. The molecule has 0 saturated carbocycles. The van der Waals surface area contributed by atoms with Gasteiger partial charge in [0.1, 0.15) is 5.69 Å². The van der Waals surface area contributed by atoms with Gasteiger partial charge < -0.3 is 9.80 Å². The van der Waals surface area contributed by atoms with Gasteiger partial charge in [-0.2, -0.15) is 5.10 Å². The molecule has 1 atom stereocenters. The van der Waals surface area contributed by atoms with E-state index < -0.39 is 0 Å². The minimum absolute atomic E-state index is 0.111. The van der Waals surface area contributed by atoms with E-state index in [0.717, 1.165) is 16.7 Å². The monoisotopic (exact) mass is 416 g/mol. The van der Waals surface area contributed by atoms with Crippen molar-refractivity contribution in [3.8, 4) is 11.1 Å². The Bertz CT molecular complexity index is 1040. The highest BCUT2D eigenvalue weighted by Crippen LogP contribution is 2.27. The summed E-state index contributed by atoms with van der Waals surface area (Å²) in [7, 11) is 0. The number of carbonyl (C=O) groups excluding carboxylic acids is 2. The van der Waals surface area contributed by atoms with Crippen LogP contribution < -0.4 is 0 Å². The van der Waals surface area contributed by atoms with Crippen LogP contribution in [0.2, 0.25) is 0 Å². The molecule has 1 aliphatic heterocycles. The smallest absolute Gasteiger partial charge is 0.271 e. The lowest BCUT2D eigenvalue weighted by atomic mass is 9.91. The number of aromatic amines is 1. The number of nitrogens with zero attached hydrogens (tertiary/aromatic N) is 3. The second-order valence-electron chi connectivity index (χ2n) is 8.06. The Morgan fingerprint density at radius 2 is 1.87 bits per heavy atom. The number of amides is 2. The van der Waals surface area contributed by atoms with Crippen molar-refractivity contribution in [2.75, 3.05) is 26.2 Å². The Labute approximate surface area is 182 Å². The van der Waals surface area contributed by atoms with Crippen molar-refractivity contribution in [1.29, 1.82) is 0 Å². The van der Waals surface area contributed by atoms with Gasteiger partial charge in [0.25, 0.3) is 5.91 Å². The number of likely N-dealkylation sites (N-methyl/N-ethyl adjacent to an activating group) is 1. The number of hydrogen-bond donors (Lipinski definition) is 1. The van der Waals surface area contributed by atoms with Gasteiger partial charge in [0, 0.05) is 32.4 Å². The van der Waals surface area contributed by atoms with Crippen LogP contribution >= 0.6 is 0 Å². The van der Waals surface area contributed by atoms with Crippen molar-refractivity contribution in [3.63, 3.8) is 0 Å². The summed E-state index contributed by atoms with van der Waals surface area (Å²) in [5.41, 5.74) is 5.06. The van der Waals surface area contributed by atoms with E-state index in [0.29, 0.717) is 38.3 Å². The summed E-state index contributed by atoms with van der Waals surface area (Å²) >= 11 is 0. The van der Waals surface area contributed by atoms with Crippen molar-refractivity contribution in [3.05, 3.63) is 77.6 Å². The van der Waals surface area contributed by atoms with E-state index in [-0.39, 0.29) is 17.7 Å². The molecule has 160 valence electrons. The molecule has 2 heterocycles. The van der Waals surface area contributed by atoms with E-state index in [2.05, 4.69) is 53.5 Å². The molecule has 2 aromatic carbocycles. The average molecular weight is 417 g/mol. The maximum absolute atomic E-state index is 13.3. The van der Waals surface area contributed by atoms with E-state index in [1.807, 2.05) is 24.0 Å². The Kier molecular flexibility index (Phi) is 6.16. The van der Waals surface area contributed by atoms with Crippen LogP contribution in [0.3, 0.4) is 0 Å². The fourth-order valence-electron chi connectivity index (χ4n) is 4.22. The third kappa shape index (κ3) is 4.53. The molecule has 0 aliphatic carbocycles. The second kappa shape index (κ2) is 9.16. The van der Waals surface area contributed by atoms with Gasteiger partial charge in [0.05, 0.1) is 5.92 Å². The van der Waals surface area contributed by atoms with E-state index in [1.165, 1.54) is 5.56 Å². The first-order valence-electron chi connectivity index (χ1n) is 10.8. The van der Waals surface area contributed by atoms with Gasteiger partial charge in [0.2, 0.25) is 5.91 Å². The number of H-pyrrole nitrogens is 1. The summed E-state index contributed by atoms with van der Waals surface area (Å²) in [6.07, 6.45) is 2.16. The van der Waals surface area contributed by atoms with Crippen LogP contribution in [-0.2, 0) is 11.2 Å². The Balaban J connectivity index is 1.63. The predicted molar refractivity (Wildman–Crippen MR) is 121 cm³/mol. The topological polar surface area (TPSA) is 69.3 Å². The molecule has 6 heteroatoms. The Morgan fingerprint density at radius 3 is 2.58 bits per heavy atom. The first-order chi connectivity index (χ1) is 15.1. The number of benzene rings is 2. The van der Waals surface area contributed by atoms with Crippen molar-refractivity contribution in [2.24, 2.45) is 5.92 Å². The SMILES string of the molecule is CCN1CCN(C(=O)c2ccn[nH]2)C[C@H](Cc2ccccc2-c2ccc(C)cc2)C1=O. The molecule has 1 N–H and O–H groups in total. The van der Waals surface area contributed by atoms with Crippen molar-refractivity contribution in [1.82, 2.24) is 20.0 Å². The van der Waals surface area contributed by atoms with Gasteiger partial charge in [-0.05, 0) is 43.0 Å². The molecule has 0 unspecified atom stereocenters. The highest BCUT2D eigenvalue weighted by Gasteiger charge is 2.32. The summed E-state index contributed by atoms with van der Waals surface area (Å²) in [4.78, 5) is 29.9. The molecular weight excluding hydrogens is 388 g/mol. The average Bonchev–Trinajstić information content (AvgIpc) is 3.28. The van der Waals surface area contributed by atoms with Crippen LogP contribution in [0.5, 0.6) is 0 Å². The zero-order chi connectivity index (χ0) is 21.8. The van der Waals surface area contributed by atoms with E-state index in [1.54, 1.807) is 17.2 Å². The lowest BCUT2D eigenvalue weighted by molar-refractivity contribution is -0.134. The molecule has 0 radical (unpaired) electrons. The maximum atomic E-state index is 13.3. The number of aryl methyl sites for hydroxylation is 1. The van der Waals surface area contributed by atoms with Crippen molar-refractivity contribution in [2.45, 2.75) is 20.3 Å². The molecule has 31 heavy (non-hydrogen) atoms. The number of carbonyl (C=O) groups is 2. The van der Waals surface area contributed by atoms with Crippen molar-refractivity contribution < 1.29 is 9.59 Å². The van der Waals surface area contributed by atoms with Crippen LogP contribution in [0.25, 0.3) is 11.1 Å². The van der Waals surface area contributed by atoms with Crippen LogP contribution in [0.4, 0.5) is 0 Å². The maximum Gasteiger partial charge on any atom is 0.271 e. The molecule has 0 spiro atoms.